The van der Waals surface area contributed by atoms with Gasteiger partial charge in [0.1, 0.15) is 6.10 Å². The Morgan fingerprint density at radius 2 is 1.91 bits per heavy atom. The Morgan fingerprint density at radius 3 is 2.51 bits per heavy atom. The van der Waals surface area contributed by atoms with Gasteiger partial charge in [0, 0.05) is 24.8 Å². The smallest absolute Gasteiger partial charge is 0.355 e. The summed E-state index contributed by atoms with van der Waals surface area (Å²) in [5.74, 6) is 1.18. The molecular formula is C27H38N5O3+. The van der Waals surface area contributed by atoms with E-state index in [1.54, 1.807) is 17.9 Å². The number of fused-ring (bicyclic) bond motifs is 1. The number of aromatic nitrogens is 4. The summed E-state index contributed by atoms with van der Waals surface area (Å²) in [6.45, 7) is 10.7. The summed E-state index contributed by atoms with van der Waals surface area (Å²) in [6.07, 6.45) is 4.21. The van der Waals surface area contributed by atoms with Gasteiger partial charge in [-0.05, 0) is 70.5 Å². The molecule has 1 atom stereocenters. The first-order chi connectivity index (χ1) is 16.6. The Bertz CT molecular complexity index is 1210. The lowest BCUT2D eigenvalue weighted by Crippen LogP contribution is -2.40. The van der Waals surface area contributed by atoms with Gasteiger partial charge in [0.05, 0.1) is 6.10 Å². The zero-order valence-corrected chi connectivity index (χ0v) is 21.7. The highest BCUT2D eigenvalue weighted by atomic mass is 16.5. The van der Waals surface area contributed by atoms with Crippen LogP contribution in [0.25, 0.3) is 5.65 Å². The fraction of sp³-hybridized carbons (Fsp3) is 0.556. The number of ether oxygens (including phenoxy) is 2. The van der Waals surface area contributed by atoms with Crippen LogP contribution in [-0.4, -0.2) is 33.7 Å². The van der Waals surface area contributed by atoms with Crippen molar-refractivity contribution in [1.82, 2.24) is 14.7 Å². The molecule has 0 bridgehead atoms. The van der Waals surface area contributed by atoms with Crippen LogP contribution in [0.2, 0.25) is 0 Å². The van der Waals surface area contributed by atoms with Crippen LogP contribution in [0.15, 0.2) is 30.3 Å². The molecule has 3 aromatic rings. The Morgan fingerprint density at radius 1 is 1.20 bits per heavy atom. The molecule has 2 N–H and O–H groups in total. The van der Waals surface area contributed by atoms with Crippen LogP contribution < -0.4 is 15.2 Å². The number of carbonyl (C=O) groups excluding carboxylic acids is 1. The van der Waals surface area contributed by atoms with E-state index >= 15 is 0 Å². The average molecular weight is 481 g/mol. The highest BCUT2D eigenvalue weighted by Gasteiger charge is 2.34. The van der Waals surface area contributed by atoms with Gasteiger partial charge in [-0.1, -0.05) is 45.2 Å². The first kappa shape index (κ1) is 25.1. The highest BCUT2D eigenvalue weighted by Crippen LogP contribution is 2.44. The number of Topliss-reactive ketones (excluding diaryl/α,β-unsaturated/α-hetero) is 1. The van der Waals surface area contributed by atoms with E-state index in [9.17, 15) is 4.79 Å². The molecule has 1 aliphatic carbocycles. The molecule has 35 heavy (non-hydrogen) atoms. The van der Waals surface area contributed by atoms with Crippen molar-refractivity contribution < 1.29 is 19.0 Å². The van der Waals surface area contributed by atoms with E-state index in [4.69, 9.17) is 15.2 Å². The number of rotatable bonds is 10. The molecule has 8 heteroatoms. The number of anilines is 1. The first-order valence-electron chi connectivity index (χ1n) is 12.6. The number of nitrogen functional groups attached to an aromatic ring is 1. The second-order valence-corrected chi connectivity index (χ2v) is 10.5. The summed E-state index contributed by atoms with van der Waals surface area (Å²) < 4.78 is 14.9. The summed E-state index contributed by atoms with van der Waals surface area (Å²) in [6, 6.07) is 9.80. The molecule has 2 heterocycles. The van der Waals surface area contributed by atoms with Gasteiger partial charge < -0.3 is 15.2 Å². The van der Waals surface area contributed by atoms with Gasteiger partial charge in [0.25, 0.3) is 5.88 Å². The molecule has 0 radical (unpaired) electrons. The highest BCUT2D eigenvalue weighted by molar-refractivity contribution is 5.95. The number of hydrogen-bond acceptors (Lipinski definition) is 6. The summed E-state index contributed by atoms with van der Waals surface area (Å²) in [7, 11) is 1.75. The third kappa shape index (κ3) is 5.48. The number of ketones is 1. The lowest BCUT2D eigenvalue weighted by Gasteiger charge is -2.23. The molecule has 0 spiro atoms. The van der Waals surface area contributed by atoms with E-state index in [0.717, 1.165) is 36.8 Å². The van der Waals surface area contributed by atoms with E-state index < -0.39 is 0 Å². The van der Waals surface area contributed by atoms with Gasteiger partial charge in [-0.3, -0.25) is 4.79 Å². The zero-order chi connectivity index (χ0) is 25.3. The molecule has 1 aromatic carbocycles. The van der Waals surface area contributed by atoms with Gasteiger partial charge in [-0.2, -0.15) is 0 Å². The van der Waals surface area contributed by atoms with Gasteiger partial charge >= 0.3 is 11.6 Å². The number of nitrogens with two attached hydrogens (primary N) is 1. The minimum atomic E-state index is -0.0965. The van der Waals surface area contributed by atoms with Gasteiger partial charge in [0.15, 0.2) is 6.54 Å². The standard InChI is InChI=1S/C27H38N5O3/c1-7-21(8-2)35-23-11-12-24-31(30-26(28)32(24)29-23)16-22(33)18-13-19(25(34-6)17-9-10-17)15-20(14-18)27(3,4)5/h11-15,17,21,25H,7-10,16H2,1-6H3,(H2,28,30)/q+1. The number of nitrogens with zero attached hydrogens (tertiary/aromatic N) is 4. The van der Waals surface area contributed by atoms with Crippen LogP contribution in [-0.2, 0) is 16.7 Å². The molecule has 2 aromatic heterocycles. The number of carbonyl (C=O) groups is 1. The van der Waals surface area contributed by atoms with Crippen molar-refractivity contribution in [3.8, 4) is 5.88 Å². The number of methoxy groups -OCH3 is 1. The van der Waals surface area contributed by atoms with E-state index in [1.165, 1.54) is 4.52 Å². The largest absolute Gasteiger partial charge is 0.472 e. The molecule has 8 nitrogen and oxygen atoms in total. The molecule has 0 amide bonds. The van der Waals surface area contributed by atoms with Crippen molar-refractivity contribution >= 4 is 17.4 Å². The lowest BCUT2D eigenvalue weighted by molar-refractivity contribution is -0.714. The Balaban J connectivity index is 1.64. The second-order valence-electron chi connectivity index (χ2n) is 10.5. The third-order valence-corrected chi connectivity index (χ3v) is 6.76. The predicted molar refractivity (Wildman–Crippen MR) is 135 cm³/mol. The van der Waals surface area contributed by atoms with Crippen LogP contribution in [0.1, 0.15) is 87.9 Å². The Hall–Kier alpha value is -3.00. The molecule has 1 fully saturated rings. The number of benzene rings is 1. The van der Waals surface area contributed by atoms with E-state index in [1.807, 2.05) is 18.2 Å². The van der Waals surface area contributed by atoms with E-state index in [2.05, 4.69) is 50.9 Å². The molecular weight excluding hydrogens is 442 g/mol. The summed E-state index contributed by atoms with van der Waals surface area (Å²) in [4.78, 5) is 13.5. The van der Waals surface area contributed by atoms with Gasteiger partial charge in [-0.15, -0.1) is 4.68 Å². The maximum absolute atomic E-state index is 13.5. The minimum absolute atomic E-state index is 0.0123. The normalized spacial score (nSPS) is 15.1. The van der Waals surface area contributed by atoms with Crippen molar-refractivity contribution in [1.29, 1.82) is 0 Å². The van der Waals surface area contributed by atoms with E-state index in [0.29, 0.717) is 23.0 Å². The van der Waals surface area contributed by atoms with Crippen LogP contribution in [0.5, 0.6) is 5.88 Å². The fourth-order valence-electron chi connectivity index (χ4n) is 4.42. The molecule has 1 unspecified atom stereocenters. The maximum atomic E-state index is 13.5. The van der Waals surface area contributed by atoms with Gasteiger partial charge in [0.2, 0.25) is 5.78 Å². The monoisotopic (exact) mass is 480 g/mol. The van der Waals surface area contributed by atoms with Crippen LogP contribution in [0.3, 0.4) is 0 Å². The molecule has 188 valence electrons. The van der Waals surface area contributed by atoms with Crippen molar-refractivity contribution in [3.63, 3.8) is 0 Å². The Kier molecular flexibility index (Phi) is 7.12. The topological polar surface area (TPSA) is 95.6 Å². The van der Waals surface area contributed by atoms with Crippen LogP contribution in [0.4, 0.5) is 5.95 Å². The number of hydrogen-bond donors (Lipinski definition) is 1. The van der Waals surface area contributed by atoms with Crippen molar-refractivity contribution in [3.05, 3.63) is 47.0 Å². The van der Waals surface area contributed by atoms with Crippen molar-refractivity contribution in [2.45, 2.75) is 84.5 Å². The summed E-state index contributed by atoms with van der Waals surface area (Å²) in [5, 5.41) is 8.88. The second kappa shape index (κ2) is 9.93. The van der Waals surface area contributed by atoms with Crippen LogP contribution >= 0.6 is 0 Å². The molecule has 0 aliphatic heterocycles. The lowest BCUT2D eigenvalue weighted by atomic mass is 9.83. The predicted octanol–water partition coefficient (Wildman–Crippen LogP) is 4.44. The third-order valence-electron chi connectivity index (χ3n) is 6.76. The van der Waals surface area contributed by atoms with E-state index in [-0.39, 0.29) is 35.9 Å². The SMILES string of the molecule is CCC(CC)Oc1ccc2n(n1)c(N)n[n+]2CC(=O)c1cc(C(OC)C2CC2)cc(C(C)(C)C)c1. The molecule has 0 saturated heterocycles. The maximum Gasteiger partial charge on any atom is 0.355 e. The molecule has 4 rings (SSSR count). The van der Waals surface area contributed by atoms with Crippen molar-refractivity contribution in [2.24, 2.45) is 5.92 Å². The average Bonchev–Trinajstić information content (AvgIpc) is 3.62. The minimum Gasteiger partial charge on any atom is -0.472 e. The quantitative estimate of drug-likeness (QED) is 0.340. The Labute approximate surface area is 207 Å². The van der Waals surface area contributed by atoms with Crippen molar-refractivity contribution in [2.75, 3.05) is 12.8 Å². The summed E-state index contributed by atoms with van der Waals surface area (Å²) in [5.41, 5.74) is 9.52. The van der Waals surface area contributed by atoms with Gasteiger partial charge in [-0.25, -0.2) is 0 Å². The molecule has 1 saturated carbocycles. The first-order valence-corrected chi connectivity index (χ1v) is 12.6. The fourth-order valence-corrected chi connectivity index (χ4v) is 4.42. The van der Waals surface area contributed by atoms with Crippen LogP contribution in [0, 0.1) is 5.92 Å². The molecule has 1 aliphatic rings. The zero-order valence-electron chi connectivity index (χ0n) is 21.7. The summed E-state index contributed by atoms with van der Waals surface area (Å²) >= 11 is 0.